The molecule has 0 amide bonds. The monoisotopic (exact) mass is 424 g/mol. The van der Waals surface area contributed by atoms with E-state index >= 15 is 0 Å². The molecule has 2 N–H and O–H groups in total. The van der Waals surface area contributed by atoms with Crippen LogP contribution >= 0.6 is 0 Å². The minimum absolute atomic E-state index is 0.0820. The number of allylic oxidation sites excluding steroid dienone is 1. The first-order chi connectivity index (χ1) is 15.0. The number of halogens is 2. The number of rotatable bonds is 6. The quantitative estimate of drug-likeness (QED) is 0.253. The molecule has 2 aromatic rings. The smallest absolute Gasteiger partial charge is 0.152 e. The average Bonchev–Trinajstić information content (AvgIpc) is 2.79. The lowest BCUT2D eigenvalue weighted by Crippen LogP contribution is -2.47. The predicted molar refractivity (Wildman–Crippen MR) is 115 cm³/mol. The van der Waals surface area contributed by atoms with Crippen LogP contribution in [0.4, 0.5) is 8.78 Å². The molecule has 1 fully saturated rings. The third kappa shape index (κ3) is 5.13. The fraction of sp³-hybridized carbons (Fsp3) is 0.261. The molecule has 1 aliphatic heterocycles. The standard InChI is InChI=1S/C23H22F2N4O2/c1-31-18-6-4-15(5-7-18)19(13-30)23(16-2-3-17(11-26)20(24)10-16)28-14-29-9-8-22(27)21(25)12-29/h2-7,10,13-14,21-22H,8-9,12,27H2,1H3/b23-19+,28-14?/t21-,22+/m1/s1. The van der Waals surface area contributed by atoms with E-state index in [-0.39, 0.29) is 23.4 Å². The fourth-order valence-corrected chi connectivity index (χ4v) is 3.27. The molecule has 160 valence electrons. The van der Waals surface area contributed by atoms with Crippen molar-refractivity contribution in [2.75, 3.05) is 20.2 Å². The normalized spacial score (nSPS) is 19.6. The summed E-state index contributed by atoms with van der Waals surface area (Å²) in [4.78, 5) is 18.1. The second-order valence-corrected chi connectivity index (χ2v) is 7.12. The van der Waals surface area contributed by atoms with Crippen LogP contribution in [-0.2, 0) is 4.79 Å². The lowest BCUT2D eigenvalue weighted by molar-refractivity contribution is -0.103. The fourth-order valence-electron chi connectivity index (χ4n) is 3.27. The molecule has 1 aliphatic rings. The van der Waals surface area contributed by atoms with Crippen LogP contribution in [0.3, 0.4) is 0 Å². The summed E-state index contributed by atoms with van der Waals surface area (Å²) in [6.07, 6.45) is 1.36. The molecule has 3 rings (SSSR count). The van der Waals surface area contributed by atoms with Gasteiger partial charge < -0.3 is 15.4 Å². The number of nitrogens with zero attached hydrogens (tertiary/aromatic N) is 3. The van der Waals surface area contributed by atoms with Crippen LogP contribution < -0.4 is 10.5 Å². The molecular weight excluding hydrogens is 402 g/mol. The Labute approximate surface area is 179 Å². The molecule has 0 aromatic heterocycles. The number of benzene rings is 2. The summed E-state index contributed by atoms with van der Waals surface area (Å²) in [7, 11) is 1.53. The lowest BCUT2D eigenvalue weighted by atomic mass is 9.99. The van der Waals surface area contributed by atoms with E-state index in [1.165, 1.54) is 25.6 Å². The van der Waals surface area contributed by atoms with Crippen LogP contribution in [0.15, 0.2) is 47.5 Å². The summed E-state index contributed by atoms with van der Waals surface area (Å²) in [6, 6.07) is 12.0. The summed E-state index contributed by atoms with van der Waals surface area (Å²) >= 11 is 0. The maximum Gasteiger partial charge on any atom is 0.152 e. The van der Waals surface area contributed by atoms with Gasteiger partial charge in [0.1, 0.15) is 23.8 Å². The second-order valence-electron chi connectivity index (χ2n) is 7.12. The number of aldehydes is 1. The van der Waals surface area contributed by atoms with E-state index in [1.54, 1.807) is 35.2 Å². The van der Waals surface area contributed by atoms with Gasteiger partial charge in [-0.25, -0.2) is 13.8 Å². The maximum atomic E-state index is 14.3. The van der Waals surface area contributed by atoms with Crippen molar-refractivity contribution < 1.29 is 18.3 Å². The summed E-state index contributed by atoms with van der Waals surface area (Å²) < 4.78 is 33.4. The van der Waals surface area contributed by atoms with Crippen molar-refractivity contribution in [1.29, 1.82) is 5.26 Å². The van der Waals surface area contributed by atoms with Crippen molar-refractivity contribution in [3.63, 3.8) is 0 Å². The van der Waals surface area contributed by atoms with Gasteiger partial charge in [0, 0.05) is 23.7 Å². The van der Waals surface area contributed by atoms with Crippen LogP contribution in [-0.4, -0.2) is 49.9 Å². The van der Waals surface area contributed by atoms with Gasteiger partial charge in [0.2, 0.25) is 0 Å². The Kier molecular flexibility index (Phi) is 7.11. The molecule has 31 heavy (non-hydrogen) atoms. The molecule has 2 aromatic carbocycles. The summed E-state index contributed by atoms with van der Waals surface area (Å²) in [6.45, 7) is 0.595. The summed E-state index contributed by atoms with van der Waals surface area (Å²) in [5.41, 5.74) is 6.89. The van der Waals surface area contributed by atoms with E-state index in [0.717, 1.165) is 6.07 Å². The molecule has 1 saturated heterocycles. The molecule has 0 bridgehead atoms. The SMILES string of the molecule is COc1ccc(/C(C=O)=C(/N=CN2CC[C@H](N)[C@H](F)C2)c2ccc(C#N)c(F)c2)cc1. The van der Waals surface area contributed by atoms with Gasteiger partial charge in [0.05, 0.1) is 31.3 Å². The molecule has 0 unspecified atom stereocenters. The Balaban J connectivity index is 2.07. The number of ether oxygens (including phenoxy) is 1. The van der Waals surface area contributed by atoms with Crippen LogP contribution in [0.25, 0.3) is 11.3 Å². The zero-order chi connectivity index (χ0) is 22.4. The number of piperidine rings is 1. The maximum absolute atomic E-state index is 14.3. The number of nitriles is 1. The molecule has 8 heteroatoms. The molecule has 0 saturated carbocycles. The number of carbonyl (C=O) groups excluding carboxylic acids is 1. The van der Waals surface area contributed by atoms with Gasteiger partial charge >= 0.3 is 0 Å². The Morgan fingerprint density at radius 1 is 1.29 bits per heavy atom. The van der Waals surface area contributed by atoms with Crippen molar-refractivity contribution in [2.45, 2.75) is 18.6 Å². The number of hydrogen-bond acceptors (Lipinski definition) is 5. The highest BCUT2D eigenvalue weighted by molar-refractivity contribution is 6.17. The Hall–Kier alpha value is -3.57. The number of hydrogen-bond donors (Lipinski definition) is 1. The van der Waals surface area contributed by atoms with Crippen molar-refractivity contribution in [2.24, 2.45) is 10.7 Å². The first-order valence-electron chi connectivity index (χ1n) is 9.68. The lowest BCUT2D eigenvalue weighted by Gasteiger charge is -2.31. The van der Waals surface area contributed by atoms with Crippen molar-refractivity contribution >= 4 is 23.9 Å². The van der Waals surface area contributed by atoms with Crippen LogP contribution in [0.1, 0.15) is 23.1 Å². The Morgan fingerprint density at radius 3 is 2.58 bits per heavy atom. The van der Waals surface area contributed by atoms with Gasteiger partial charge in [0.25, 0.3) is 0 Å². The van der Waals surface area contributed by atoms with Gasteiger partial charge in [-0.3, -0.25) is 4.79 Å². The van der Waals surface area contributed by atoms with Crippen LogP contribution in [0.5, 0.6) is 5.75 Å². The summed E-state index contributed by atoms with van der Waals surface area (Å²) in [5.74, 6) is -0.109. The number of carbonyl (C=O) groups is 1. The average molecular weight is 424 g/mol. The van der Waals surface area contributed by atoms with Crippen molar-refractivity contribution in [3.05, 3.63) is 65.0 Å². The van der Waals surface area contributed by atoms with E-state index in [2.05, 4.69) is 4.99 Å². The third-order valence-electron chi connectivity index (χ3n) is 5.11. The number of nitrogens with two attached hydrogens (primary N) is 1. The molecule has 0 spiro atoms. The van der Waals surface area contributed by atoms with E-state index in [9.17, 15) is 13.6 Å². The number of aliphatic imine (C=N–C) groups is 1. The predicted octanol–water partition coefficient (Wildman–Crippen LogP) is 3.17. The number of likely N-dealkylation sites (tertiary alicyclic amines) is 1. The van der Waals surface area contributed by atoms with Crippen molar-refractivity contribution in [1.82, 2.24) is 4.90 Å². The van der Waals surface area contributed by atoms with Gasteiger partial charge in [-0.05, 0) is 36.2 Å². The van der Waals surface area contributed by atoms with Gasteiger partial charge in [-0.2, -0.15) is 5.26 Å². The molecule has 0 radical (unpaired) electrons. The minimum Gasteiger partial charge on any atom is -0.497 e. The molecule has 2 atom stereocenters. The zero-order valence-corrected chi connectivity index (χ0v) is 17.0. The molecular formula is C23H22F2N4O2. The van der Waals surface area contributed by atoms with Crippen LogP contribution in [0, 0.1) is 17.1 Å². The second kappa shape index (κ2) is 9.96. The van der Waals surface area contributed by atoms with Crippen molar-refractivity contribution in [3.8, 4) is 11.8 Å². The van der Waals surface area contributed by atoms with E-state index < -0.39 is 18.0 Å². The summed E-state index contributed by atoms with van der Waals surface area (Å²) in [5, 5.41) is 9.00. The first-order valence-corrected chi connectivity index (χ1v) is 9.68. The Bertz CT molecular complexity index is 1040. The van der Waals surface area contributed by atoms with E-state index in [1.807, 2.05) is 0 Å². The van der Waals surface area contributed by atoms with E-state index in [0.29, 0.717) is 36.1 Å². The van der Waals surface area contributed by atoms with Gasteiger partial charge in [0.15, 0.2) is 6.29 Å². The van der Waals surface area contributed by atoms with E-state index in [4.69, 9.17) is 15.7 Å². The Morgan fingerprint density at radius 2 is 2.00 bits per heavy atom. The van der Waals surface area contributed by atoms with Gasteiger partial charge in [-0.1, -0.05) is 18.2 Å². The first kappa shape index (κ1) is 22.1. The van der Waals surface area contributed by atoms with Crippen LogP contribution in [0.2, 0.25) is 0 Å². The molecule has 6 nitrogen and oxygen atoms in total. The zero-order valence-electron chi connectivity index (χ0n) is 17.0. The highest BCUT2D eigenvalue weighted by Crippen LogP contribution is 2.29. The third-order valence-corrected chi connectivity index (χ3v) is 5.11. The topological polar surface area (TPSA) is 91.7 Å². The minimum atomic E-state index is -1.19. The number of alkyl halides is 1. The largest absolute Gasteiger partial charge is 0.497 e. The highest BCUT2D eigenvalue weighted by atomic mass is 19.1. The molecule has 0 aliphatic carbocycles. The highest BCUT2D eigenvalue weighted by Gasteiger charge is 2.25. The molecule has 1 heterocycles. The van der Waals surface area contributed by atoms with Gasteiger partial charge in [-0.15, -0.1) is 0 Å². The number of methoxy groups -OCH3 is 1.